The number of hydrogen-bond acceptors (Lipinski definition) is 9. The number of nitrogens with one attached hydrogen (secondary N) is 2. The summed E-state index contributed by atoms with van der Waals surface area (Å²) in [5, 5.41) is 6.99. The maximum Gasteiger partial charge on any atom is 0.243 e. The number of hydrogen-bond donors (Lipinski definition) is 3. The summed E-state index contributed by atoms with van der Waals surface area (Å²) in [4.78, 5) is 14.8. The highest BCUT2D eigenvalue weighted by Gasteiger charge is 2.11. The quantitative estimate of drug-likeness (QED) is 0.505. The van der Waals surface area contributed by atoms with Gasteiger partial charge in [0.2, 0.25) is 17.8 Å². The van der Waals surface area contributed by atoms with Gasteiger partial charge in [-0.1, -0.05) is 5.16 Å². The Balaban J connectivity index is 2.16. The highest BCUT2D eigenvalue weighted by Crippen LogP contribution is 2.13. The van der Waals surface area contributed by atoms with Gasteiger partial charge in [-0.15, -0.1) is 0 Å². The monoisotopic (exact) mass is 292 g/mol. The largest absolute Gasteiger partial charge is 0.361 e. The van der Waals surface area contributed by atoms with E-state index in [1.165, 1.54) is 0 Å². The van der Waals surface area contributed by atoms with Crippen LogP contribution in [-0.2, 0) is 6.54 Å². The molecule has 0 saturated heterocycles. The molecule has 9 nitrogen and oxygen atoms in total. The summed E-state index contributed by atoms with van der Waals surface area (Å²) < 4.78 is 5.01. The fraction of sp³-hybridized carbons (Fsp3) is 0.500. The third-order valence-corrected chi connectivity index (χ3v) is 2.90. The number of aromatic nitrogens is 4. The van der Waals surface area contributed by atoms with Crippen LogP contribution in [0, 0.1) is 6.92 Å². The second-order valence-electron chi connectivity index (χ2n) is 4.38. The molecule has 2 heterocycles. The summed E-state index contributed by atoms with van der Waals surface area (Å²) in [6.45, 7) is 7.97. The zero-order valence-electron chi connectivity index (χ0n) is 12.4. The summed E-state index contributed by atoms with van der Waals surface area (Å²) in [6.07, 6.45) is 0. The van der Waals surface area contributed by atoms with Gasteiger partial charge in [0.05, 0.1) is 6.54 Å². The van der Waals surface area contributed by atoms with Crippen LogP contribution in [0.4, 0.5) is 17.8 Å². The maximum atomic E-state index is 5.40. The third kappa shape index (κ3) is 3.78. The zero-order chi connectivity index (χ0) is 15.2. The van der Waals surface area contributed by atoms with Gasteiger partial charge in [0, 0.05) is 19.2 Å². The SMILES string of the molecule is CCN(CC)c1nc(NN)nc(NCc2cc(C)on2)n1. The van der Waals surface area contributed by atoms with Gasteiger partial charge in [0.1, 0.15) is 11.5 Å². The van der Waals surface area contributed by atoms with Gasteiger partial charge < -0.3 is 14.7 Å². The number of nitrogens with zero attached hydrogens (tertiary/aromatic N) is 5. The molecule has 0 fully saturated rings. The van der Waals surface area contributed by atoms with Crippen molar-refractivity contribution in [1.29, 1.82) is 0 Å². The lowest BCUT2D eigenvalue weighted by molar-refractivity contribution is 0.391. The van der Waals surface area contributed by atoms with Crippen molar-refractivity contribution in [3.05, 3.63) is 17.5 Å². The van der Waals surface area contributed by atoms with E-state index in [1.807, 2.05) is 31.7 Å². The molecule has 0 amide bonds. The number of nitrogens with two attached hydrogens (primary N) is 1. The van der Waals surface area contributed by atoms with Crippen LogP contribution in [-0.4, -0.2) is 33.2 Å². The Morgan fingerprint density at radius 1 is 1.19 bits per heavy atom. The Labute approximate surface area is 122 Å². The van der Waals surface area contributed by atoms with Crippen LogP contribution >= 0.6 is 0 Å². The molecule has 2 aromatic heterocycles. The van der Waals surface area contributed by atoms with Crippen molar-refractivity contribution in [1.82, 2.24) is 20.1 Å². The summed E-state index contributed by atoms with van der Waals surface area (Å²) in [7, 11) is 0. The van der Waals surface area contributed by atoms with Crippen molar-refractivity contribution in [2.24, 2.45) is 5.84 Å². The van der Waals surface area contributed by atoms with E-state index in [1.54, 1.807) is 0 Å². The minimum Gasteiger partial charge on any atom is -0.361 e. The van der Waals surface area contributed by atoms with Crippen molar-refractivity contribution in [2.45, 2.75) is 27.3 Å². The van der Waals surface area contributed by atoms with Gasteiger partial charge in [-0.05, 0) is 20.8 Å². The minimum absolute atomic E-state index is 0.311. The Morgan fingerprint density at radius 3 is 2.48 bits per heavy atom. The van der Waals surface area contributed by atoms with E-state index in [4.69, 9.17) is 10.4 Å². The average molecular weight is 292 g/mol. The van der Waals surface area contributed by atoms with Crippen molar-refractivity contribution in [2.75, 3.05) is 28.7 Å². The van der Waals surface area contributed by atoms with E-state index < -0.39 is 0 Å². The number of aryl methyl sites for hydroxylation is 1. The standard InChI is InChI=1S/C12H20N8O/c1-4-20(5-2)12-16-10(15-11(17-12)18-13)14-7-9-6-8(3)21-19-9/h6H,4-5,7,13H2,1-3H3,(H2,14,15,16,17,18). The first-order chi connectivity index (χ1) is 10.2. The van der Waals surface area contributed by atoms with Gasteiger partial charge in [-0.25, -0.2) is 5.84 Å². The van der Waals surface area contributed by atoms with E-state index in [0.717, 1.165) is 24.5 Å². The number of rotatable bonds is 7. The molecule has 0 aliphatic rings. The molecule has 21 heavy (non-hydrogen) atoms. The van der Waals surface area contributed by atoms with Crippen LogP contribution in [0.5, 0.6) is 0 Å². The molecule has 4 N–H and O–H groups in total. The Hall–Kier alpha value is -2.42. The summed E-state index contributed by atoms with van der Waals surface area (Å²) >= 11 is 0. The fourth-order valence-corrected chi connectivity index (χ4v) is 1.83. The fourth-order valence-electron chi connectivity index (χ4n) is 1.83. The lowest BCUT2D eigenvalue weighted by Gasteiger charge is -2.19. The molecule has 0 aromatic carbocycles. The molecule has 0 saturated carbocycles. The van der Waals surface area contributed by atoms with Crippen LogP contribution in [0.1, 0.15) is 25.3 Å². The van der Waals surface area contributed by atoms with Crippen LogP contribution in [0.3, 0.4) is 0 Å². The highest BCUT2D eigenvalue weighted by atomic mass is 16.5. The molecule has 0 radical (unpaired) electrons. The predicted molar refractivity (Wildman–Crippen MR) is 79.8 cm³/mol. The molecule has 0 unspecified atom stereocenters. The second kappa shape index (κ2) is 6.84. The summed E-state index contributed by atoms with van der Waals surface area (Å²) in [6, 6.07) is 1.85. The smallest absolute Gasteiger partial charge is 0.243 e. The molecule has 0 atom stereocenters. The van der Waals surface area contributed by atoms with Crippen molar-refractivity contribution in [3.63, 3.8) is 0 Å². The molecule has 2 aromatic rings. The van der Waals surface area contributed by atoms with E-state index in [0.29, 0.717) is 24.4 Å². The van der Waals surface area contributed by atoms with E-state index in [9.17, 15) is 0 Å². The first kappa shape index (κ1) is 15.0. The average Bonchev–Trinajstić information content (AvgIpc) is 2.92. The minimum atomic E-state index is 0.311. The highest BCUT2D eigenvalue weighted by molar-refractivity contribution is 5.43. The van der Waals surface area contributed by atoms with E-state index >= 15 is 0 Å². The Kier molecular flexibility index (Phi) is 4.88. The molecular formula is C12H20N8O. The normalized spacial score (nSPS) is 10.5. The van der Waals surface area contributed by atoms with Gasteiger partial charge in [0.15, 0.2) is 0 Å². The number of nitrogen functional groups attached to an aromatic ring is 1. The second-order valence-corrected chi connectivity index (χ2v) is 4.38. The topological polar surface area (TPSA) is 118 Å². The molecule has 0 aliphatic heterocycles. The molecular weight excluding hydrogens is 272 g/mol. The van der Waals surface area contributed by atoms with Gasteiger partial charge in [0.25, 0.3) is 0 Å². The molecule has 0 spiro atoms. The summed E-state index contributed by atoms with van der Waals surface area (Å²) in [5.41, 5.74) is 3.23. The molecule has 2 rings (SSSR count). The van der Waals surface area contributed by atoms with E-state index in [-0.39, 0.29) is 0 Å². The van der Waals surface area contributed by atoms with Crippen molar-refractivity contribution < 1.29 is 4.52 Å². The third-order valence-electron chi connectivity index (χ3n) is 2.90. The van der Waals surface area contributed by atoms with Gasteiger partial charge in [-0.2, -0.15) is 15.0 Å². The predicted octanol–water partition coefficient (Wildman–Crippen LogP) is 0.912. The number of hydrazine groups is 1. The van der Waals surface area contributed by atoms with E-state index in [2.05, 4.69) is 30.9 Å². The molecule has 114 valence electrons. The van der Waals surface area contributed by atoms with Crippen molar-refractivity contribution in [3.8, 4) is 0 Å². The van der Waals surface area contributed by atoms with Crippen LogP contribution in [0.2, 0.25) is 0 Å². The lowest BCUT2D eigenvalue weighted by Crippen LogP contribution is -2.26. The van der Waals surface area contributed by atoms with Gasteiger partial charge >= 0.3 is 0 Å². The van der Waals surface area contributed by atoms with Crippen molar-refractivity contribution >= 4 is 17.8 Å². The van der Waals surface area contributed by atoms with Gasteiger partial charge in [-0.3, -0.25) is 5.43 Å². The summed E-state index contributed by atoms with van der Waals surface area (Å²) in [5.74, 6) is 7.48. The molecule has 9 heteroatoms. The molecule has 0 aliphatic carbocycles. The first-order valence-electron chi connectivity index (χ1n) is 6.80. The Bertz CT molecular complexity index is 580. The zero-order valence-corrected chi connectivity index (χ0v) is 12.4. The Morgan fingerprint density at radius 2 is 1.90 bits per heavy atom. The lowest BCUT2D eigenvalue weighted by atomic mass is 10.4. The number of anilines is 3. The molecule has 0 bridgehead atoms. The van der Waals surface area contributed by atoms with Crippen LogP contribution < -0.4 is 21.5 Å². The van der Waals surface area contributed by atoms with Crippen LogP contribution in [0.15, 0.2) is 10.6 Å². The van der Waals surface area contributed by atoms with Crippen LogP contribution in [0.25, 0.3) is 0 Å². The maximum absolute atomic E-state index is 5.40. The first-order valence-corrected chi connectivity index (χ1v) is 6.80.